The molecule has 1 amide bonds. The highest BCUT2D eigenvalue weighted by Crippen LogP contribution is 2.14. The zero-order chi connectivity index (χ0) is 18.6. The van der Waals surface area contributed by atoms with Crippen molar-refractivity contribution in [2.75, 3.05) is 11.9 Å². The van der Waals surface area contributed by atoms with Crippen molar-refractivity contribution in [3.63, 3.8) is 0 Å². The Hall–Kier alpha value is -2.23. The molecule has 0 saturated carbocycles. The molecule has 2 aromatic rings. The molecule has 0 saturated heterocycles. The van der Waals surface area contributed by atoms with Gasteiger partial charge in [0.15, 0.2) is 0 Å². The number of aryl methyl sites for hydroxylation is 2. The lowest BCUT2D eigenvalue weighted by atomic mass is 10.2. The van der Waals surface area contributed by atoms with Crippen LogP contribution in [0.15, 0.2) is 30.3 Å². The molecule has 1 aromatic heterocycles. The van der Waals surface area contributed by atoms with E-state index in [4.69, 9.17) is 5.14 Å². The summed E-state index contributed by atoms with van der Waals surface area (Å²) in [7, 11) is -3.60. The second-order valence-corrected chi connectivity index (χ2v) is 8.05. The number of sulfonamides is 1. The number of carbonyl (C=O) groups is 1. The van der Waals surface area contributed by atoms with Gasteiger partial charge >= 0.3 is 0 Å². The van der Waals surface area contributed by atoms with Gasteiger partial charge in [-0.15, -0.1) is 0 Å². The predicted molar refractivity (Wildman–Crippen MR) is 98.8 cm³/mol. The lowest BCUT2D eigenvalue weighted by Crippen LogP contribution is -2.15. The monoisotopic (exact) mass is 377 g/mol. The molecule has 1 aliphatic rings. The van der Waals surface area contributed by atoms with Crippen LogP contribution in [-0.4, -0.2) is 30.7 Å². The molecule has 140 valence electrons. The maximum atomic E-state index is 12.2. The fourth-order valence-corrected chi connectivity index (χ4v) is 3.62. The summed E-state index contributed by atoms with van der Waals surface area (Å²) >= 11 is 0. The van der Waals surface area contributed by atoms with Crippen LogP contribution in [-0.2, 0) is 40.1 Å². The Balaban J connectivity index is 1.55. The van der Waals surface area contributed by atoms with Gasteiger partial charge in [0.2, 0.25) is 15.9 Å². The van der Waals surface area contributed by atoms with Gasteiger partial charge in [0.1, 0.15) is 0 Å². The van der Waals surface area contributed by atoms with Crippen molar-refractivity contribution in [3.05, 3.63) is 47.3 Å². The highest BCUT2D eigenvalue weighted by Gasteiger charge is 2.12. The number of primary sulfonamides is 1. The predicted octanol–water partition coefficient (Wildman–Crippen LogP) is 0.736. The maximum absolute atomic E-state index is 12.2. The van der Waals surface area contributed by atoms with Crippen LogP contribution in [0.2, 0.25) is 0 Å². The third-order valence-electron chi connectivity index (χ3n) is 4.13. The molecule has 0 bridgehead atoms. The van der Waals surface area contributed by atoms with Gasteiger partial charge in [-0.3, -0.25) is 9.48 Å². The molecule has 3 rings (SSSR count). The molecule has 4 N–H and O–H groups in total. The van der Waals surface area contributed by atoms with Crippen molar-refractivity contribution in [1.29, 1.82) is 0 Å². The molecule has 26 heavy (non-hydrogen) atoms. The van der Waals surface area contributed by atoms with Crippen molar-refractivity contribution in [3.8, 4) is 0 Å². The number of aromatic nitrogens is 2. The lowest BCUT2D eigenvalue weighted by molar-refractivity contribution is -0.116. The van der Waals surface area contributed by atoms with Gasteiger partial charge in [-0.2, -0.15) is 5.10 Å². The number of anilines is 1. The van der Waals surface area contributed by atoms with Crippen molar-refractivity contribution >= 4 is 21.6 Å². The first-order valence-electron chi connectivity index (χ1n) is 8.55. The number of benzene rings is 1. The van der Waals surface area contributed by atoms with Gasteiger partial charge in [-0.1, -0.05) is 12.1 Å². The second-order valence-electron chi connectivity index (χ2n) is 6.44. The lowest BCUT2D eigenvalue weighted by Gasteiger charge is -2.07. The summed E-state index contributed by atoms with van der Waals surface area (Å²) in [5.41, 5.74) is 3.15. The molecule has 0 radical (unpaired) electrons. The van der Waals surface area contributed by atoms with E-state index in [0.717, 1.165) is 37.4 Å². The number of rotatable bonds is 6. The first-order valence-corrected chi connectivity index (χ1v) is 10.3. The molecule has 0 aliphatic carbocycles. The average Bonchev–Trinajstić information content (AvgIpc) is 2.81. The minimum atomic E-state index is -3.60. The van der Waals surface area contributed by atoms with E-state index in [-0.39, 0.29) is 11.7 Å². The molecule has 0 fully saturated rings. The van der Waals surface area contributed by atoms with E-state index >= 15 is 0 Å². The van der Waals surface area contributed by atoms with Gasteiger partial charge in [0.25, 0.3) is 0 Å². The summed E-state index contributed by atoms with van der Waals surface area (Å²) in [6.45, 7) is 2.69. The van der Waals surface area contributed by atoms with Gasteiger partial charge in [-0.25, -0.2) is 13.6 Å². The summed E-state index contributed by atoms with van der Waals surface area (Å²) in [5, 5.41) is 15.7. The number of nitrogens with zero attached hydrogens (tertiary/aromatic N) is 2. The van der Waals surface area contributed by atoms with E-state index in [2.05, 4.69) is 15.7 Å². The van der Waals surface area contributed by atoms with Crippen LogP contribution in [0, 0.1) is 0 Å². The Bertz CT molecular complexity index is 868. The SMILES string of the molecule is NS(=O)(=O)Cc1cccc(NC(=O)CCc2cc3n(n2)CCCNC3)c1. The largest absolute Gasteiger partial charge is 0.326 e. The minimum Gasteiger partial charge on any atom is -0.326 e. The molecule has 1 aromatic carbocycles. The van der Waals surface area contributed by atoms with E-state index in [9.17, 15) is 13.2 Å². The quantitative estimate of drug-likeness (QED) is 0.686. The number of hydrogen-bond donors (Lipinski definition) is 3. The third-order valence-corrected chi connectivity index (χ3v) is 4.87. The van der Waals surface area contributed by atoms with Crippen LogP contribution in [0.1, 0.15) is 29.8 Å². The fourth-order valence-electron chi connectivity index (χ4n) is 2.98. The van der Waals surface area contributed by atoms with Crippen LogP contribution >= 0.6 is 0 Å². The number of amides is 1. The van der Waals surface area contributed by atoms with E-state index in [1.807, 2.05) is 10.7 Å². The van der Waals surface area contributed by atoms with E-state index in [1.165, 1.54) is 0 Å². The van der Waals surface area contributed by atoms with Gasteiger partial charge < -0.3 is 10.6 Å². The molecule has 8 nitrogen and oxygen atoms in total. The average molecular weight is 377 g/mol. The number of hydrogen-bond acceptors (Lipinski definition) is 5. The smallest absolute Gasteiger partial charge is 0.224 e. The number of nitrogens with one attached hydrogen (secondary N) is 2. The van der Waals surface area contributed by atoms with Gasteiger partial charge in [0, 0.05) is 31.6 Å². The third kappa shape index (κ3) is 5.38. The zero-order valence-corrected chi connectivity index (χ0v) is 15.3. The minimum absolute atomic E-state index is 0.140. The van der Waals surface area contributed by atoms with E-state index < -0.39 is 10.0 Å². The summed E-state index contributed by atoms with van der Waals surface area (Å²) in [6.07, 6.45) is 1.91. The normalized spacial score (nSPS) is 14.5. The van der Waals surface area contributed by atoms with E-state index in [0.29, 0.717) is 24.1 Å². The topological polar surface area (TPSA) is 119 Å². The van der Waals surface area contributed by atoms with Gasteiger partial charge in [-0.05, 0) is 36.7 Å². The zero-order valence-electron chi connectivity index (χ0n) is 14.4. The van der Waals surface area contributed by atoms with Crippen LogP contribution in [0.3, 0.4) is 0 Å². The Morgan fingerprint density at radius 2 is 2.19 bits per heavy atom. The van der Waals surface area contributed by atoms with Crippen molar-refractivity contribution in [1.82, 2.24) is 15.1 Å². The summed E-state index contributed by atoms with van der Waals surface area (Å²) in [5.74, 6) is -0.399. The molecule has 0 spiro atoms. The molecule has 9 heteroatoms. The maximum Gasteiger partial charge on any atom is 0.224 e. The Labute approximate surface area is 152 Å². The molecule has 0 unspecified atom stereocenters. The van der Waals surface area contributed by atoms with Crippen molar-refractivity contribution in [2.24, 2.45) is 5.14 Å². The highest BCUT2D eigenvalue weighted by molar-refractivity contribution is 7.88. The number of fused-ring (bicyclic) bond motifs is 1. The summed E-state index contributed by atoms with van der Waals surface area (Å²) in [4.78, 5) is 12.2. The van der Waals surface area contributed by atoms with E-state index in [1.54, 1.807) is 24.3 Å². The highest BCUT2D eigenvalue weighted by atomic mass is 32.2. The number of carbonyl (C=O) groups excluding carboxylic acids is 1. The first-order chi connectivity index (χ1) is 12.4. The Morgan fingerprint density at radius 3 is 3.00 bits per heavy atom. The summed E-state index contributed by atoms with van der Waals surface area (Å²) in [6, 6.07) is 8.72. The first kappa shape index (κ1) is 18.6. The van der Waals surface area contributed by atoms with Crippen LogP contribution < -0.4 is 15.8 Å². The molecule has 1 aliphatic heterocycles. The standard InChI is InChI=1S/C17H23N5O3S/c18-26(24,25)12-13-3-1-4-14(9-13)20-17(23)6-5-15-10-16-11-19-7-2-8-22(16)21-15/h1,3-4,9-10,19H,2,5-8,11-12H2,(H,20,23)(H2,18,24,25). The van der Waals surface area contributed by atoms with Crippen molar-refractivity contribution < 1.29 is 13.2 Å². The van der Waals surface area contributed by atoms with Crippen LogP contribution in [0.5, 0.6) is 0 Å². The molecule has 0 atom stereocenters. The Kier molecular flexibility index (Phi) is 5.70. The Morgan fingerprint density at radius 1 is 1.35 bits per heavy atom. The molecule has 2 heterocycles. The summed E-state index contributed by atoms with van der Waals surface area (Å²) < 4.78 is 24.4. The number of nitrogens with two attached hydrogens (primary N) is 1. The molecular formula is C17H23N5O3S. The van der Waals surface area contributed by atoms with Gasteiger partial charge in [0.05, 0.1) is 17.1 Å². The fraction of sp³-hybridized carbons (Fsp3) is 0.412. The van der Waals surface area contributed by atoms with Crippen LogP contribution in [0.4, 0.5) is 5.69 Å². The van der Waals surface area contributed by atoms with Crippen molar-refractivity contribution in [2.45, 2.75) is 38.1 Å². The second kappa shape index (κ2) is 7.98. The molecular weight excluding hydrogens is 354 g/mol. The van der Waals surface area contributed by atoms with Crippen LogP contribution in [0.25, 0.3) is 0 Å².